The number of carbonyl (C=O) groups excluding carboxylic acids is 2. The largest absolute Gasteiger partial charge is 0.509 e. The van der Waals surface area contributed by atoms with Crippen LogP contribution in [0.5, 0.6) is 0 Å². The molecule has 2 unspecified atom stereocenters. The van der Waals surface area contributed by atoms with E-state index < -0.39 is 24.5 Å². The molecule has 2 aliphatic heterocycles. The predicted molar refractivity (Wildman–Crippen MR) is 56.8 cm³/mol. The molecule has 0 spiro atoms. The Hall–Kier alpha value is -2.24. The van der Waals surface area contributed by atoms with Crippen LogP contribution in [0.2, 0.25) is 0 Å². The molecule has 3 rings (SSSR count). The van der Waals surface area contributed by atoms with E-state index in [1.54, 1.807) is 0 Å². The van der Waals surface area contributed by atoms with Gasteiger partial charge in [0.15, 0.2) is 12.2 Å². The monoisotopic (exact) mass is 250 g/mol. The van der Waals surface area contributed by atoms with Gasteiger partial charge in [0, 0.05) is 0 Å². The average Bonchev–Trinajstić information content (AvgIpc) is 2.98. The van der Waals surface area contributed by atoms with E-state index in [-0.39, 0.29) is 13.2 Å². The van der Waals surface area contributed by atoms with Crippen LogP contribution in [0.25, 0.3) is 0 Å². The molecule has 2 heterocycles. The van der Waals surface area contributed by atoms with Gasteiger partial charge < -0.3 is 18.9 Å². The number of hydrogen-bond acceptors (Lipinski definition) is 6. The van der Waals surface area contributed by atoms with Crippen molar-refractivity contribution in [3.05, 3.63) is 35.4 Å². The Morgan fingerprint density at radius 3 is 1.78 bits per heavy atom. The molecule has 0 aromatic heterocycles. The lowest BCUT2D eigenvalue weighted by molar-refractivity contribution is 0.118. The summed E-state index contributed by atoms with van der Waals surface area (Å²) in [4.78, 5) is 21.8. The van der Waals surface area contributed by atoms with Gasteiger partial charge in [-0.05, 0) is 17.2 Å². The first kappa shape index (κ1) is 10.9. The maximum absolute atomic E-state index is 10.9. The molecule has 0 aliphatic carbocycles. The van der Waals surface area contributed by atoms with Crippen molar-refractivity contribution in [2.45, 2.75) is 12.2 Å². The maximum Gasteiger partial charge on any atom is 0.509 e. The number of cyclic esters (lactones) is 4. The van der Waals surface area contributed by atoms with Gasteiger partial charge in [-0.2, -0.15) is 0 Å². The second-order valence-electron chi connectivity index (χ2n) is 4.01. The third-order valence-electron chi connectivity index (χ3n) is 2.84. The standard InChI is InChI=1S/C12H10O6/c13-11-15-5-9(17-11)7-2-1-3-8(4-7)10-6-16-12(14)18-10/h1-4,9-10H,5-6H2. The smallest absolute Gasteiger partial charge is 0.430 e. The molecule has 0 N–H and O–H groups in total. The molecule has 1 aromatic carbocycles. The highest BCUT2D eigenvalue weighted by atomic mass is 16.8. The molecule has 2 saturated heterocycles. The van der Waals surface area contributed by atoms with Crippen molar-refractivity contribution in [1.82, 2.24) is 0 Å². The van der Waals surface area contributed by atoms with E-state index >= 15 is 0 Å². The van der Waals surface area contributed by atoms with Crippen LogP contribution in [0.3, 0.4) is 0 Å². The molecule has 2 aliphatic rings. The van der Waals surface area contributed by atoms with Gasteiger partial charge in [0.2, 0.25) is 0 Å². The average molecular weight is 250 g/mol. The van der Waals surface area contributed by atoms with Crippen molar-refractivity contribution in [3.63, 3.8) is 0 Å². The van der Waals surface area contributed by atoms with E-state index in [4.69, 9.17) is 18.9 Å². The van der Waals surface area contributed by atoms with Crippen LogP contribution in [-0.4, -0.2) is 25.5 Å². The fourth-order valence-electron chi connectivity index (χ4n) is 1.94. The second kappa shape index (κ2) is 4.21. The van der Waals surface area contributed by atoms with Crippen LogP contribution in [0.4, 0.5) is 9.59 Å². The molecule has 0 saturated carbocycles. The Morgan fingerprint density at radius 1 is 0.889 bits per heavy atom. The highest BCUT2D eigenvalue weighted by Gasteiger charge is 2.30. The molecule has 6 heteroatoms. The highest BCUT2D eigenvalue weighted by molar-refractivity contribution is 5.63. The van der Waals surface area contributed by atoms with Crippen molar-refractivity contribution in [2.24, 2.45) is 0 Å². The van der Waals surface area contributed by atoms with Gasteiger partial charge in [0.1, 0.15) is 13.2 Å². The van der Waals surface area contributed by atoms with E-state index in [9.17, 15) is 9.59 Å². The number of hydrogen-bond donors (Lipinski definition) is 0. The Labute approximate surface area is 102 Å². The van der Waals surface area contributed by atoms with E-state index in [0.29, 0.717) is 0 Å². The molecule has 18 heavy (non-hydrogen) atoms. The molecule has 1 aromatic rings. The Bertz CT molecular complexity index is 456. The SMILES string of the molecule is O=C1OCC(c2cccc(C3COC(=O)O3)c2)O1. The number of carbonyl (C=O) groups is 2. The Balaban J connectivity index is 1.80. The van der Waals surface area contributed by atoms with Gasteiger partial charge in [0.05, 0.1) is 0 Å². The zero-order chi connectivity index (χ0) is 12.5. The molecule has 2 atom stereocenters. The zero-order valence-electron chi connectivity index (χ0n) is 9.33. The van der Waals surface area contributed by atoms with Gasteiger partial charge in [-0.25, -0.2) is 9.59 Å². The topological polar surface area (TPSA) is 71.1 Å². The quantitative estimate of drug-likeness (QED) is 0.748. The summed E-state index contributed by atoms with van der Waals surface area (Å²) >= 11 is 0. The lowest BCUT2D eigenvalue weighted by Crippen LogP contribution is -2.04. The summed E-state index contributed by atoms with van der Waals surface area (Å²) < 4.78 is 19.4. The predicted octanol–water partition coefficient (Wildman–Crippen LogP) is 2.10. The van der Waals surface area contributed by atoms with Crippen molar-refractivity contribution >= 4 is 12.3 Å². The minimum absolute atomic E-state index is 0.198. The summed E-state index contributed by atoms with van der Waals surface area (Å²) in [6, 6.07) is 7.28. The van der Waals surface area contributed by atoms with Crippen LogP contribution < -0.4 is 0 Å². The summed E-state index contributed by atoms with van der Waals surface area (Å²) in [6.07, 6.45) is -2.15. The van der Waals surface area contributed by atoms with Crippen LogP contribution >= 0.6 is 0 Å². The summed E-state index contributed by atoms with van der Waals surface area (Å²) in [6.45, 7) is 0.395. The molecule has 0 amide bonds. The van der Waals surface area contributed by atoms with Crippen molar-refractivity contribution in [1.29, 1.82) is 0 Å². The van der Waals surface area contributed by atoms with E-state index in [2.05, 4.69) is 0 Å². The number of benzene rings is 1. The summed E-state index contributed by atoms with van der Waals surface area (Å²) in [5.41, 5.74) is 1.61. The lowest BCUT2D eigenvalue weighted by Gasteiger charge is -2.11. The van der Waals surface area contributed by atoms with Gasteiger partial charge >= 0.3 is 12.3 Å². The van der Waals surface area contributed by atoms with Gasteiger partial charge in [0.25, 0.3) is 0 Å². The van der Waals surface area contributed by atoms with Gasteiger partial charge in [-0.3, -0.25) is 0 Å². The minimum atomic E-state index is -0.666. The minimum Gasteiger partial charge on any atom is -0.430 e. The summed E-state index contributed by atoms with van der Waals surface area (Å²) in [5.74, 6) is 0. The van der Waals surface area contributed by atoms with Crippen molar-refractivity contribution in [3.8, 4) is 0 Å². The first-order valence-electron chi connectivity index (χ1n) is 5.49. The fraction of sp³-hybridized carbons (Fsp3) is 0.333. The molecule has 94 valence electrons. The molecule has 2 fully saturated rings. The highest BCUT2D eigenvalue weighted by Crippen LogP contribution is 2.29. The zero-order valence-corrected chi connectivity index (χ0v) is 9.33. The first-order valence-corrected chi connectivity index (χ1v) is 5.49. The van der Waals surface area contributed by atoms with Gasteiger partial charge in [-0.1, -0.05) is 18.2 Å². The number of rotatable bonds is 2. The maximum atomic E-state index is 10.9. The first-order chi connectivity index (χ1) is 8.72. The van der Waals surface area contributed by atoms with Crippen molar-refractivity contribution in [2.75, 3.05) is 13.2 Å². The second-order valence-corrected chi connectivity index (χ2v) is 4.01. The summed E-state index contributed by atoms with van der Waals surface area (Å²) in [7, 11) is 0. The van der Waals surface area contributed by atoms with Crippen molar-refractivity contribution < 1.29 is 28.5 Å². The van der Waals surface area contributed by atoms with Crippen LogP contribution in [0, 0.1) is 0 Å². The third-order valence-corrected chi connectivity index (χ3v) is 2.84. The molecular formula is C12H10O6. The lowest BCUT2D eigenvalue weighted by atomic mass is 10.0. The van der Waals surface area contributed by atoms with Gasteiger partial charge in [-0.15, -0.1) is 0 Å². The third kappa shape index (κ3) is 1.97. The molecule has 0 radical (unpaired) electrons. The molecule has 6 nitrogen and oxygen atoms in total. The Morgan fingerprint density at radius 2 is 1.39 bits per heavy atom. The molecule has 0 bridgehead atoms. The van der Waals surface area contributed by atoms with Crippen LogP contribution in [0.1, 0.15) is 23.3 Å². The Kier molecular flexibility index (Phi) is 2.55. The van der Waals surface area contributed by atoms with Crippen LogP contribution in [-0.2, 0) is 18.9 Å². The van der Waals surface area contributed by atoms with E-state index in [0.717, 1.165) is 11.1 Å². The molecular weight excluding hydrogens is 240 g/mol. The number of ether oxygens (including phenoxy) is 4. The van der Waals surface area contributed by atoms with Crippen LogP contribution in [0.15, 0.2) is 24.3 Å². The van der Waals surface area contributed by atoms with E-state index in [1.165, 1.54) is 0 Å². The normalized spacial score (nSPS) is 26.2. The van der Waals surface area contributed by atoms with E-state index in [1.807, 2.05) is 24.3 Å². The summed E-state index contributed by atoms with van der Waals surface area (Å²) in [5, 5.41) is 0. The fourth-order valence-corrected chi connectivity index (χ4v) is 1.94.